The van der Waals surface area contributed by atoms with Crippen LogP contribution < -0.4 is 0 Å². The van der Waals surface area contributed by atoms with Crippen LogP contribution in [0.3, 0.4) is 0 Å². The van der Waals surface area contributed by atoms with Crippen LogP contribution in [-0.4, -0.2) is 33.3 Å². The fraction of sp³-hybridized carbons (Fsp3) is 1.00. The van der Waals surface area contributed by atoms with Crippen molar-refractivity contribution in [3.8, 4) is 0 Å². The molecule has 0 bridgehead atoms. The van der Waals surface area contributed by atoms with Crippen LogP contribution in [0.15, 0.2) is 0 Å². The van der Waals surface area contributed by atoms with Crippen molar-refractivity contribution in [2.45, 2.75) is 32.1 Å². The van der Waals surface area contributed by atoms with Crippen LogP contribution in [0, 0.1) is 0 Å². The lowest BCUT2D eigenvalue weighted by atomic mass is 10.3. The third-order valence-corrected chi connectivity index (χ3v) is 2.77. The molecule has 0 aliphatic heterocycles. The van der Waals surface area contributed by atoms with E-state index in [1.165, 1.54) is 0 Å². The molecule has 0 heterocycles. The van der Waals surface area contributed by atoms with E-state index < -0.39 is 21.6 Å². The minimum absolute atomic E-state index is 0.0848. The van der Waals surface area contributed by atoms with Crippen molar-refractivity contribution < 1.29 is 21.9 Å². The van der Waals surface area contributed by atoms with Gasteiger partial charge in [0.05, 0.1) is 5.75 Å². The Morgan fingerprint density at radius 3 is 2.33 bits per heavy atom. The number of ether oxygens (including phenoxy) is 1. The first kappa shape index (κ1) is 15.1. The minimum atomic E-state index is -3.43. The lowest BCUT2D eigenvalue weighted by Gasteiger charge is -2.10. The monoisotopic (exact) mass is 264 g/mol. The SMILES string of the molecule is CC(F)(F)COCCCCCS(=O)(=O)Cl. The first-order valence-corrected chi connectivity index (χ1v) is 7.06. The van der Waals surface area contributed by atoms with Crippen molar-refractivity contribution in [1.29, 1.82) is 0 Å². The molecule has 3 nitrogen and oxygen atoms in total. The standard InChI is InChI=1S/C8H15ClF2O3S/c1-8(10,11)7-14-5-3-2-4-6-15(9,12)13/h2-7H2,1H3. The molecule has 15 heavy (non-hydrogen) atoms. The number of unbranched alkanes of at least 4 members (excludes halogenated alkanes) is 2. The molecule has 0 unspecified atom stereocenters. The van der Waals surface area contributed by atoms with Crippen LogP contribution in [0.4, 0.5) is 8.78 Å². The van der Waals surface area contributed by atoms with E-state index in [-0.39, 0.29) is 12.4 Å². The van der Waals surface area contributed by atoms with E-state index in [1.54, 1.807) is 0 Å². The summed E-state index contributed by atoms with van der Waals surface area (Å²) in [6, 6.07) is 0. The maximum absolute atomic E-state index is 12.2. The predicted octanol–water partition coefficient (Wildman–Crippen LogP) is 2.40. The van der Waals surface area contributed by atoms with Gasteiger partial charge in [-0.3, -0.25) is 0 Å². The average Bonchev–Trinajstić information content (AvgIpc) is 1.98. The number of rotatable bonds is 8. The van der Waals surface area contributed by atoms with Crippen LogP contribution in [0.2, 0.25) is 0 Å². The van der Waals surface area contributed by atoms with E-state index in [4.69, 9.17) is 15.4 Å². The maximum Gasteiger partial charge on any atom is 0.268 e. The van der Waals surface area contributed by atoms with E-state index in [0.717, 1.165) is 6.92 Å². The molecule has 0 saturated carbocycles. The van der Waals surface area contributed by atoms with Crippen molar-refractivity contribution in [1.82, 2.24) is 0 Å². The highest BCUT2D eigenvalue weighted by atomic mass is 35.7. The van der Waals surface area contributed by atoms with Gasteiger partial charge in [-0.25, -0.2) is 17.2 Å². The topological polar surface area (TPSA) is 43.4 Å². The smallest absolute Gasteiger partial charge is 0.268 e. The molecule has 0 amide bonds. The van der Waals surface area contributed by atoms with Crippen molar-refractivity contribution in [2.75, 3.05) is 19.0 Å². The molecule has 0 saturated heterocycles. The zero-order valence-corrected chi connectivity index (χ0v) is 10.1. The van der Waals surface area contributed by atoms with Gasteiger partial charge in [-0.1, -0.05) is 6.42 Å². The van der Waals surface area contributed by atoms with Crippen LogP contribution in [0.1, 0.15) is 26.2 Å². The van der Waals surface area contributed by atoms with Crippen LogP contribution in [-0.2, 0) is 13.8 Å². The Hall–Kier alpha value is 0.0600. The molecule has 0 spiro atoms. The Morgan fingerprint density at radius 2 is 1.87 bits per heavy atom. The summed E-state index contributed by atoms with van der Waals surface area (Å²) in [6.45, 7) is 0.402. The fourth-order valence-corrected chi connectivity index (χ4v) is 1.78. The molecule has 0 aromatic rings. The summed E-state index contributed by atoms with van der Waals surface area (Å²) in [5.41, 5.74) is 0. The van der Waals surface area contributed by atoms with Gasteiger partial charge >= 0.3 is 0 Å². The van der Waals surface area contributed by atoms with E-state index in [9.17, 15) is 17.2 Å². The second-order valence-corrected chi connectivity index (χ2v) is 6.32. The average molecular weight is 265 g/mol. The molecule has 0 radical (unpaired) electrons. The van der Waals surface area contributed by atoms with Gasteiger partial charge in [0.1, 0.15) is 6.61 Å². The van der Waals surface area contributed by atoms with E-state index in [2.05, 4.69) is 0 Å². The summed E-state index contributed by atoms with van der Waals surface area (Å²) in [7, 11) is 1.55. The van der Waals surface area contributed by atoms with E-state index in [0.29, 0.717) is 19.3 Å². The first-order chi connectivity index (χ1) is 6.71. The lowest BCUT2D eigenvalue weighted by molar-refractivity contribution is -0.0628. The summed E-state index contributed by atoms with van der Waals surface area (Å²) in [5, 5.41) is 0. The molecule has 0 atom stereocenters. The third-order valence-electron chi connectivity index (χ3n) is 1.53. The summed E-state index contributed by atoms with van der Waals surface area (Å²) < 4.78 is 50.1. The second-order valence-electron chi connectivity index (χ2n) is 3.43. The van der Waals surface area contributed by atoms with Crippen molar-refractivity contribution in [3.63, 3.8) is 0 Å². The van der Waals surface area contributed by atoms with Crippen LogP contribution in [0.5, 0.6) is 0 Å². The lowest BCUT2D eigenvalue weighted by Crippen LogP contribution is -2.19. The fourth-order valence-electron chi connectivity index (χ4n) is 0.907. The molecule has 7 heteroatoms. The van der Waals surface area contributed by atoms with Crippen molar-refractivity contribution in [2.24, 2.45) is 0 Å². The highest BCUT2D eigenvalue weighted by molar-refractivity contribution is 8.13. The number of hydrogen-bond acceptors (Lipinski definition) is 3. The largest absolute Gasteiger partial charge is 0.375 e. The Balaban J connectivity index is 3.27. The molecule has 0 fully saturated rings. The summed E-state index contributed by atoms with van der Waals surface area (Å²) in [6.07, 6.45) is 1.58. The third kappa shape index (κ3) is 14.1. The van der Waals surface area contributed by atoms with Gasteiger partial charge < -0.3 is 4.74 Å². The quantitative estimate of drug-likeness (QED) is 0.499. The van der Waals surface area contributed by atoms with Crippen molar-refractivity contribution in [3.05, 3.63) is 0 Å². The normalized spacial score (nSPS) is 13.1. The highest BCUT2D eigenvalue weighted by Crippen LogP contribution is 2.11. The van der Waals surface area contributed by atoms with Crippen LogP contribution in [0.25, 0.3) is 0 Å². The molecule has 0 aliphatic rings. The van der Waals surface area contributed by atoms with Gasteiger partial charge in [0.15, 0.2) is 0 Å². The Labute approximate surface area is 93.2 Å². The Morgan fingerprint density at radius 1 is 1.27 bits per heavy atom. The summed E-state index contributed by atoms with van der Waals surface area (Å²) >= 11 is 0. The molecule has 0 aromatic heterocycles. The zero-order chi connectivity index (χ0) is 11.9. The van der Waals surface area contributed by atoms with Gasteiger partial charge in [0.25, 0.3) is 5.92 Å². The number of halogens is 3. The van der Waals surface area contributed by atoms with Gasteiger partial charge in [-0.2, -0.15) is 0 Å². The first-order valence-electron chi connectivity index (χ1n) is 4.59. The molecule has 92 valence electrons. The molecular formula is C8H15ClF2O3S. The molecular weight excluding hydrogens is 250 g/mol. The maximum atomic E-state index is 12.2. The predicted molar refractivity (Wildman–Crippen MR) is 54.9 cm³/mol. The van der Waals surface area contributed by atoms with Crippen molar-refractivity contribution >= 4 is 19.7 Å². The van der Waals surface area contributed by atoms with E-state index >= 15 is 0 Å². The Bertz CT molecular complexity index is 262. The van der Waals surface area contributed by atoms with Crippen LogP contribution >= 0.6 is 10.7 Å². The van der Waals surface area contributed by atoms with E-state index in [1.807, 2.05) is 0 Å². The summed E-state index contributed by atoms with van der Waals surface area (Å²) in [5.74, 6) is -2.89. The molecule has 0 aliphatic carbocycles. The minimum Gasteiger partial charge on any atom is -0.375 e. The number of hydrogen-bond donors (Lipinski definition) is 0. The highest BCUT2D eigenvalue weighted by Gasteiger charge is 2.20. The van der Waals surface area contributed by atoms with Gasteiger partial charge in [0, 0.05) is 24.2 Å². The molecule has 0 aromatic carbocycles. The number of alkyl halides is 2. The van der Waals surface area contributed by atoms with Gasteiger partial charge in [-0.15, -0.1) is 0 Å². The Kier molecular flexibility index (Phi) is 6.63. The second kappa shape index (κ2) is 6.60. The summed E-state index contributed by atoms with van der Waals surface area (Å²) in [4.78, 5) is 0. The molecule has 0 rings (SSSR count). The van der Waals surface area contributed by atoms with Gasteiger partial charge in [0.2, 0.25) is 9.05 Å². The zero-order valence-electron chi connectivity index (χ0n) is 8.51. The molecule has 0 N–H and O–H groups in total. The van der Waals surface area contributed by atoms with Gasteiger partial charge in [-0.05, 0) is 12.8 Å².